The highest BCUT2D eigenvalue weighted by molar-refractivity contribution is 5.71. The Balaban J connectivity index is 4.48. The number of hydrogen-bond donors (Lipinski definition) is 1. The molecule has 0 amide bonds. The molecule has 0 aliphatic rings. The molecule has 9 nitrogen and oxygen atoms in total. The molecule has 0 radical (unpaired) electrons. The Morgan fingerprint density at radius 3 is 1.63 bits per heavy atom. The molecule has 52 heavy (non-hydrogen) atoms. The lowest BCUT2D eigenvalue weighted by Gasteiger charge is -2.25. The average molecular weight is 737 g/mol. The summed E-state index contributed by atoms with van der Waals surface area (Å²) in [6, 6.07) is 0. The van der Waals surface area contributed by atoms with E-state index in [1.807, 2.05) is 21.1 Å². The van der Waals surface area contributed by atoms with E-state index < -0.39 is 24.3 Å². The highest BCUT2D eigenvalue weighted by Gasteiger charge is 2.25. The van der Waals surface area contributed by atoms with Crippen molar-refractivity contribution in [2.75, 3.05) is 47.5 Å². The Kier molecular flexibility index (Phi) is 33.8. The molecule has 0 saturated carbocycles. The van der Waals surface area contributed by atoms with Crippen LogP contribution in [0.1, 0.15) is 162 Å². The van der Waals surface area contributed by atoms with Crippen LogP contribution in [0, 0.1) is 0 Å². The average Bonchev–Trinajstić information content (AvgIpc) is 3.09. The van der Waals surface area contributed by atoms with E-state index in [0.29, 0.717) is 23.9 Å². The Labute approximate surface area is 318 Å². The summed E-state index contributed by atoms with van der Waals surface area (Å²) in [7, 11) is 5.94. The minimum absolute atomic E-state index is 0.184. The molecule has 2 unspecified atom stereocenters. The smallest absolute Gasteiger partial charge is 0.361 e. The van der Waals surface area contributed by atoms with Gasteiger partial charge >= 0.3 is 17.9 Å². The van der Waals surface area contributed by atoms with E-state index >= 15 is 0 Å². The zero-order valence-corrected chi connectivity index (χ0v) is 34.0. The molecule has 9 heteroatoms. The molecule has 0 aliphatic carbocycles. The summed E-state index contributed by atoms with van der Waals surface area (Å²) < 4.78 is 22.6. The fourth-order valence-electron chi connectivity index (χ4n) is 5.44. The van der Waals surface area contributed by atoms with Crippen molar-refractivity contribution in [1.29, 1.82) is 0 Å². The van der Waals surface area contributed by atoms with Crippen molar-refractivity contribution in [2.24, 2.45) is 0 Å². The van der Waals surface area contributed by atoms with Crippen LogP contribution >= 0.6 is 0 Å². The lowest BCUT2D eigenvalue weighted by atomic mass is 10.1. The van der Waals surface area contributed by atoms with Gasteiger partial charge in [-0.15, -0.1) is 0 Å². The fraction of sp³-hybridized carbons (Fsp3) is 0.791. The van der Waals surface area contributed by atoms with E-state index in [1.165, 1.54) is 64.2 Å². The summed E-state index contributed by atoms with van der Waals surface area (Å²) in [6.45, 7) is 4.72. The highest BCUT2D eigenvalue weighted by atomic mass is 16.7. The molecule has 0 aliphatic heterocycles. The van der Waals surface area contributed by atoms with Crippen molar-refractivity contribution >= 4 is 17.9 Å². The second-order valence-electron chi connectivity index (χ2n) is 14.9. The summed E-state index contributed by atoms with van der Waals surface area (Å²) in [6.07, 6.45) is 34.9. The Morgan fingerprint density at radius 2 is 1.10 bits per heavy atom. The molecular weight excluding hydrogens is 658 g/mol. The molecule has 0 bridgehead atoms. The molecule has 0 spiro atoms. The topological polar surface area (TPSA) is 108 Å². The molecule has 0 aromatic rings. The summed E-state index contributed by atoms with van der Waals surface area (Å²) in [5.41, 5.74) is 0. The minimum atomic E-state index is -1.51. The maximum Gasteiger partial charge on any atom is 0.361 e. The van der Waals surface area contributed by atoms with Gasteiger partial charge in [0.1, 0.15) is 13.2 Å². The van der Waals surface area contributed by atoms with Gasteiger partial charge in [-0.25, -0.2) is 4.79 Å². The second kappa shape index (κ2) is 35.5. The van der Waals surface area contributed by atoms with E-state index in [9.17, 15) is 19.5 Å². The van der Waals surface area contributed by atoms with E-state index in [1.54, 1.807) is 0 Å². The molecule has 0 aromatic heterocycles. The first kappa shape index (κ1) is 49.5. The normalized spacial score (nSPS) is 13.3. The van der Waals surface area contributed by atoms with Crippen molar-refractivity contribution in [1.82, 2.24) is 0 Å². The molecule has 0 rings (SSSR count). The number of allylic oxidation sites excluding steroid dienone is 6. The van der Waals surface area contributed by atoms with Gasteiger partial charge in [0.25, 0.3) is 6.29 Å². The van der Waals surface area contributed by atoms with Gasteiger partial charge in [0, 0.05) is 12.8 Å². The summed E-state index contributed by atoms with van der Waals surface area (Å²) in [4.78, 5) is 36.9. The molecule has 0 aromatic carbocycles. The maximum absolute atomic E-state index is 12.7. The van der Waals surface area contributed by atoms with Gasteiger partial charge in [0.15, 0.2) is 6.10 Å². The molecular formula is C43H78NO8+. The van der Waals surface area contributed by atoms with Crippen molar-refractivity contribution in [3.63, 3.8) is 0 Å². The molecule has 0 fully saturated rings. The number of carboxylic acids is 1. The van der Waals surface area contributed by atoms with Crippen LogP contribution in [0.4, 0.5) is 0 Å². The Morgan fingerprint density at radius 1 is 0.596 bits per heavy atom. The quantitative estimate of drug-likeness (QED) is 0.0221. The minimum Gasteiger partial charge on any atom is -0.477 e. The predicted molar refractivity (Wildman–Crippen MR) is 212 cm³/mol. The number of hydrogen-bond acceptors (Lipinski definition) is 7. The first-order valence-electron chi connectivity index (χ1n) is 20.7. The predicted octanol–water partition coefficient (Wildman–Crippen LogP) is 10.3. The van der Waals surface area contributed by atoms with E-state index in [-0.39, 0.29) is 32.2 Å². The summed E-state index contributed by atoms with van der Waals surface area (Å²) in [5, 5.41) is 9.60. The number of carbonyl (C=O) groups excluding carboxylic acids is 2. The third kappa shape index (κ3) is 35.9. The van der Waals surface area contributed by atoms with E-state index in [4.69, 9.17) is 18.9 Å². The van der Waals surface area contributed by atoms with Crippen LogP contribution in [0.15, 0.2) is 36.5 Å². The molecule has 2 atom stereocenters. The fourth-order valence-corrected chi connectivity index (χ4v) is 5.44. The zero-order chi connectivity index (χ0) is 38.5. The van der Waals surface area contributed by atoms with Gasteiger partial charge in [-0.1, -0.05) is 140 Å². The number of unbranched alkanes of at least 4 members (excludes halogenated alkanes) is 16. The lowest BCUT2D eigenvalue weighted by molar-refractivity contribution is -0.870. The summed E-state index contributed by atoms with van der Waals surface area (Å²) >= 11 is 0. The van der Waals surface area contributed by atoms with Crippen molar-refractivity contribution in [3.05, 3.63) is 36.5 Å². The standard InChI is InChI=1S/C43H77NO8/c1-6-8-10-12-14-16-18-19-20-21-22-23-24-26-28-30-32-34-41(46)52-39(38-51-43(42(47)48)49-36-35-44(3,4)5)37-50-40(45)33-31-29-27-25-17-15-13-11-9-7-2/h8,10,14,16,19-20,39,43H,6-7,9,11-13,15,17-18,21-38H2,1-5H3/p+1/b10-8-,16-14-,20-19-. The van der Waals surface area contributed by atoms with Crippen molar-refractivity contribution in [2.45, 2.75) is 174 Å². The van der Waals surface area contributed by atoms with Crippen LogP contribution < -0.4 is 0 Å². The number of ether oxygens (including phenoxy) is 4. The number of likely N-dealkylation sites (N-methyl/N-ethyl adjacent to an activating group) is 1. The van der Waals surface area contributed by atoms with Crippen LogP contribution in [0.5, 0.6) is 0 Å². The monoisotopic (exact) mass is 737 g/mol. The van der Waals surface area contributed by atoms with E-state index in [0.717, 1.165) is 64.2 Å². The second-order valence-corrected chi connectivity index (χ2v) is 14.9. The third-order valence-electron chi connectivity index (χ3n) is 8.66. The maximum atomic E-state index is 12.7. The van der Waals surface area contributed by atoms with Gasteiger partial charge in [-0.05, 0) is 44.9 Å². The number of carbonyl (C=O) groups is 3. The number of quaternary nitrogens is 1. The van der Waals surface area contributed by atoms with Crippen LogP contribution in [0.3, 0.4) is 0 Å². The number of aliphatic carboxylic acids is 1. The van der Waals surface area contributed by atoms with Crippen LogP contribution in [-0.2, 0) is 33.3 Å². The number of rotatable bonds is 37. The first-order valence-corrected chi connectivity index (χ1v) is 20.7. The Bertz CT molecular complexity index is 955. The zero-order valence-electron chi connectivity index (χ0n) is 34.0. The van der Waals surface area contributed by atoms with Gasteiger partial charge in [-0.2, -0.15) is 0 Å². The highest BCUT2D eigenvalue weighted by Crippen LogP contribution is 2.14. The number of esters is 2. The molecule has 1 N–H and O–H groups in total. The lowest BCUT2D eigenvalue weighted by Crippen LogP contribution is -2.40. The Hall–Kier alpha value is -2.49. The molecule has 0 saturated heterocycles. The SMILES string of the molecule is CC/C=C\C/C=C\C/C=C\CCCCCCCCCC(=O)OC(COC(=O)CCCCCCCCCCCC)COC(OCC[N+](C)(C)C)C(=O)O. The third-order valence-corrected chi connectivity index (χ3v) is 8.66. The number of carboxylic acid groups (broad SMARTS) is 1. The van der Waals surface area contributed by atoms with Crippen molar-refractivity contribution in [3.8, 4) is 0 Å². The van der Waals surface area contributed by atoms with Gasteiger partial charge < -0.3 is 28.5 Å². The van der Waals surface area contributed by atoms with Gasteiger partial charge in [-0.3, -0.25) is 9.59 Å². The number of nitrogens with zero attached hydrogens (tertiary/aromatic N) is 1. The van der Waals surface area contributed by atoms with Crippen LogP contribution in [0.2, 0.25) is 0 Å². The van der Waals surface area contributed by atoms with Gasteiger partial charge in [0.05, 0.1) is 34.4 Å². The summed E-state index contributed by atoms with van der Waals surface area (Å²) in [5.74, 6) is -2.02. The van der Waals surface area contributed by atoms with Crippen LogP contribution in [0.25, 0.3) is 0 Å². The largest absolute Gasteiger partial charge is 0.477 e. The van der Waals surface area contributed by atoms with E-state index in [2.05, 4.69) is 50.3 Å². The molecule has 302 valence electrons. The first-order chi connectivity index (χ1) is 25.1. The van der Waals surface area contributed by atoms with Gasteiger partial charge in [0.2, 0.25) is 0 Å². The molecule has 0 heterocycles. The van der Waals surface area contributed by atoms with Crippen LogP contribution in [-0.4, -0.2) is 87.4 Å². The van der Waals surface area contributed by atoms with Crippen molar-refractivity contribution < 1.29 is 42.9 Å².